The van der Waals surface area contributed by atoms with Gasteiger partial charge >= 0.3 is 0 Å². The van der Waals surface area contributed by atoms with E-state index in [2.05, 4.69) is 23.3 Å². The van der Waals surface area contributed by atoms with Gasteiger partial charge < -0.3 is 16.0 Å². The number of benzene rings is 1. The first-order valence-electron chi connectivity index (χ1n) is 7.73. The summed E-state index contributed by atoms with van der Waals surface area (Å²) in [6.45, 7) is 2.94. The number of carbonyl (C=O) groups is 1. The second kappa shape index (κ2) is 5.90. The van der Waals surface area contributed by atoms with Crippen LogP contribution in [0.1, 0.15) is 25.3 Å². The minimum atomic E-state index is -0.490. The van der Waals surface area contributed by atoms with Gasteiger partial charge in [-0.2, -0.15) is 0 Å². The highest BCUT2D eigenvalue weighted by Gasteiger charge is 2.28. The molecule has 1 saturated carbocycles. The number of hydrogen-bond donors (Lipinski definition) is 3. The number of para-hydroxylation sites is 1. The van der Waals surface area contributed by atoms with E-state index in [1.165, 1.54) is 12.8 Å². The molecule has 0 spiro atoms. The molecule has 1 aromatic carbocycles. The summed E-state index contributed by atoms with van der Waals surface area (Å²) < 4.78 is 0. The topological polar surface area (TPSA) is 70.9 Å². The molecule has 0 radical (unpaired) electrons. The van der Waals surface area contributed by atoms with Crippen LogP contribution < -0.4 is 11.1 Å². The van der Waals surface area contributed by atoms with Gasteiger partial charge in [-0.1, -0.05) is 25.1 Å². The standard InChI is InChI=1S/C17H23N3O/c1-11(12-6-7-12)9-20-17(21)15(18)8-13-10-19-16-5-3-2-4-14(13)16/h2-5,10-12,15,19H,6-9,18H2,1H3,(H,20,21)/t11?,15-/m1/s1. The summed E-state index contributed by atoms with van der Waals surface area (Å²) in [7, 11) is 0. The fourth-order valence-electron chi connectivity index (χ4n) is 2.85. The van der Waals surface area contributed by atoms with Crippen LogP contribution in [0.2, 0.25) is 0 Å². The number of hydrogen-bond acceptors (Lipinski definition) is 2. The molecule has 1 amide bonds. The van der Waals surface area contributed by atoms with Crippen LogP contribution in [0.25, 0.3) is 10.9 Å². The average molecular weight is 285 g/mol. The molecule has 1 heterocycles. The quantitative estimate of drug-likeness (QED) is 0.761. The van der Waals surface area contributed by atoms with Gasteiger partial charge in [0.25, 0.3) is 0 Å². The Morgan fingerprint density at radius 3 is 2.95 bits per heavy atom. The molecule has 1 aromatic heterocycles. The molecule has 0 bridgehead atoms. The molecule has 1 aliphatic rings. The van der Waals surface area contributed by atoms with Gasteiger partial charge in [-0.25, -0.2) is 0 Å². The van der Waals surface area contributed by atoms with Gasteiger partial charge in [0, 0.05) is 23.6 Å². The minimum Gasteiger partial charge on any atom is -0.361 e. The highest BCUT2D eigenvalue weighted by Crippen LogP contribution is 2.36. The van der Waals surface area contributed by atoms with E-state index in [-0.39, 0.29) is 5.91 Å². The number of fused-ring (bicyclic) bond motifs is 1. The maximum Gasteiger partial charge on any atom is 0.237 e. The number of carbonyl (C=O) groups excluding carboxylic acids is 1. The van der Waals surface area contributed by atoms with Gasteiger partial charge in [0.05, 0.1) is 6.04 Å². The highest BCUT2D eigenvalue weighted by atomic mass is 16.2. The van der Waals surface area contributed by atoms with Crippen molar-refractivity contribution in [2.75, 3.05) is 6.54 Å². The zero-order valence-electron chi connectivity index (χ0n) is 12.4. The Hall–Kier alpha value is -1.81. The van der Waals surface area contributed by atoms with Gasteiger partial charge in [0.15, 0.2) is 0 Å². The largest absolute Gasteiger partial charge is 0.361 e. The van der Waals surface area contributed by atoms with Gasteiger partial charge in [0.2, 0.25) is 5.91 Å². The third-order valence-electron chi connectivity index (χ3n) is 4.48. The van der Waals surface area contributed by atoms with Crippen molar-refractivity contribution in [2.24, 2.45) is 17.6 Å². The van der Waals surface area contributed by atoms with Crippen LogP contribution in [0.15, 0.2) is 30.5 Å². The molecule has 4 heteroatoms. The zero-order chi connectivity index (χ0) is 14.8. The van der Waals surface area contributed by atoms with E-state index in [0.717, 1.165) is 28.9 Å². The van der Waals surface area contributed by atoms with E-state index >= 15 is 0 Å². The lowest BCUT2D eigenvalue weighted by atomic mass is 10.0. The van der Waals surface area contributed by atoms with Crippen molar-refractivity contribution in [1.82, 2.24) is 10.3 Å². The Balaban J connectivity index is 1.57. The minimum absolute atomic E-state index is 0.0484. The van der Waals surface area contributed by atoms with Crippen molar-refractivity contribution in [2.45, 2.75) is 32.2 Å². The molecule has 1 unspecified atom stereocenters. The van der Waals surface area contributed by atoms with E-state index in [9.17, 15) is 4.79 Å². The first-order valence-corrected chi connectivity index (χ1v) is 7.73. The summed E-state index contributed by atoms with van der Waals surface area (Å²) in [5.74, 6) is 1.32. The second-order valence-corrected chi connectivity index (χ2v) is 6.23. The van der Waals surface area contributed by atoms with E-state index in [1.54, 1.807) is 0 Å². The SMILES string of the molecule is CC(CNC(=O)[C@H](N)Cc1c[nH]c2ccccc12)C1CC1. The smallest absolute Gasteiger partial charge is 0.237 e. The maximum absolute atomic E-state index is 12.1. The second-order valence-electron chi connectivity index (χ2n) is 6.23. The lowest BCUT2D eigenvalue weighted by Gasteiger charge is -2.15. The molecular weight excluding hydrogens is 262 g/mol. The highest BCUT2D eigenvalue weighted by molar-refractivity contribution is 5.86. The van der Waals surface area contributed by atoms with E-state index in [4.69, 9.17) is 5.73 Å². The number of rotatable bonds is 6. The summed E-state index contributed by atoms with van der Waals surface area (Å²) in [6, 6.07) is 7.59. The van der Waals surface area contributed by atoms with Crippen LogP contribution in [0.5, 0.6) is 0 Å². The van der Waals surface area contributed by atoms with Gasteiger partial charge in [-0.05, 0) is 42.7 Å². The maximum atomic E-state index is 12.1. The Morgan fingerprint density at radius 2 is 2.19 bits per heavy atom. The Kier molecular flexibility index (Phi) is 3.97. The molecule has 1 aliphatic carbocycles. The van der Waals surface area contributed by atoms with E-state index < -0.39 is 6.04 Å². The van der Waals surface area contributed by atoms with Crippen molar-refractivity contribution in [3.63, 3.8) is 0 Å². The summed E-state index contributed by atoms with van der Waals surface area (Å²) >= 11 is 0. The van der Waals surface area contributed by atoms with Crippen molar-refractivity contribution < 1.29 is 4.79 Å². The lowest BCUT2D eigenvalue weighted by molar-refractivity contribution is -0.122. The van der Waals surface area contributed by atoms with E-state index in [1.807, 2.05) is 24.4 Å². The van der Waals surface area contributed by atoms with Crippen molar-refractivity contribution in [3.05, 3.63) is 36.0 Å². The predicted octanol–water partition coefficient (Wildman–Crippen LogP) is 2.20. The number of nitrogens with two attached hydrogens (primary N) is 1. The average Bonchev–Trinajstić information content (AvgIpc) is 3.27. The number of H-pyrrole nitrogens is 1. The molecule has 0 aliphatic heterocycles. The first kappa shape index (κ1) is 14.1. The molecule has 0 saturated heterocycles. The lowest BCUT2D eigenvalue weighted by Crippen LogP contribution is -2.43. The van der Waals surface area contributed by atoms with E-state index in [0.29, 0.717) is 12.3 Å². The molecule has 2 aromatic rings. The Morgan fingerprint density at radius 1 is 1.43 bits per heavy atom. The molecule has 3 rings (SSSR count). The van der Waals surface area contributed by atoms with Crippen molar-refractivity contribution in [1.29, 1.82) is 0 Å². The van der Waals surface area contributed by atoms with Crippen LogP contribution in [0, 0.1) is 11.8 Å². The van der Waals surface area contributed by atoms with Crippen LogP contribution in [-0.2, 0) is 11.2 Å². The molecule has 4 nitrogen and oxygen atoms in total. The summed E-state index contributed by atoms with van der Waals surface area (Å²) in [4.78, 5) is 15.3. The number of aromatic amines is 1. The normalized spacial score (nSPS) is 17.6. The monoisotopic (exact) mass is 285 g/mol. The summed E-state index contributed by atoms with van der Waals surface area (Å²) in [5, 5.41) is 4.14. The third kappa shape index (κ3) is 3.27. The first-order chi connectivity index (χ1) is 10.1. The molecular formula is C17H23N3O. The van der Waals surface area contributed by atoms with Gasteiger partial charge in [0.1, 0.15) is 0 Å². The summed E-state index contributed by atoms with van der Waals surface area (Å²) in [5.41, 5.74) is 8.24. The van der Waals surface area contributed by atoms with Crippen molar-refractivity contribution >= 4 is 16.8 Å². The number of aromatic nitrogens is 1. The summed E-state index contributed by atoms with van der Waals surface area (Å²) in [6.07, 6.45) is 5.12. The van der Waals surface area contributed by atoms with Crippen LogP contribution in [0.4, 0.5) is 0 Å². The molecule has 2 atom stereocenters. The third-order valence-corrected chi connectivity index (χ3v) is 4.48. The van der Waals surface area contributed by atoms with Crippen LogP contribution in [0.3, 0.4) is 0 Å². The number of amides is 1. The molecule has 112 valence electrons. The van der Waals surface area contributed by atoms with Crippen LogP contribution >= 0.6 is 0 Å². The van der Waals surface area contributed by atoms with Crippen molar-refractivity contribution in [3.8, 4) is 0 Å². The number of nitrogens with one attached hydrogen (secondary N) is 2. The Bertz CT molecular complexity index is 630. The van der Waals surface area contributed by atoms with Gasteiger partial charge in [-0.15, -0.1) is 0 Å². The molecule has 4 N–H and O–H groups in total. The predicted molar refractivity (Wildman–Crippen MR) is 84.9 cm³/mol. The molecule has 21 heavy (non-hydrogen) atoms. The zero-order valence-corrected chi connectivity index (χ0v) is 12.4. The molecule has 1 fully saturated rings. The van der Waals surface area contributed by atoms with Crippen LogP contribution in [-0.4, -0.2) is 23.5 Å². The Labute approximate surface area is 125 Å². The van der Waals surface area contributed by atoms with Gasteiger partial charge in [-0.3, -0.25) is 4.79 Å². The fraction of sp³-hybridized carbons (Fsp3) is 0.471. The fourth-order valence-corrected chi connectivity index (χ4v) is 2.85.